The SMILES string of the molecule is Cc1[nH]c2ccc(CCN3CCC(O)CC3)cc2c1C(=O)OC(C)c1ccc(Cl)cc1. The van der Waals surface area contributed by atoms with Crippen LogP contribution in [0.15, 0.2) is 42.5 Å². The minimum Gasteiger partial charge on any atom is -0.454 e. The number of benzene rings is 2. The number of aromatic amines is 1. The summed E-state index contributed by atoms with van der Waals surface area (Å²) in [6.45, 7) is 6.60. The fraction of sp³-hybridized carbons (Fsp3) is 0.400. The van der Waals surface area contributed by atoms with Crippen LogP contribution in [0.4, 0.5) is 0 Å². The maximum absolute atomic E-state index is 13.0. The van der Waals surface area contributed by atoms with Crippen molar-refractivity contribution < 1.29 is 14.6 Å². The zero-order valence-electron chi connectivity index (χ0n) is 18.0. The summed E-state index contributed by atoms with van der Waals surface area (Å²) in [5.74, 6) is -0.326. The number of rotatable bonds is 6. The zero-order valence-corrected chi connectivity index (χ0v) is 18.8. The Morgan fingerprint density at radius 1 is 1.23 bits per heavy atom. The van der Waals surface area contributed by atoms with Gasteiger partial charge < -0.3 is 19.7 Å². The van der Waals surface area contributed by atoms with Crippen molar-refractivity contribution in [2.24, 2.45) is 0 Å². The summed E-state index contributed by atoms with van der Waals surface area (Å²) < 4.78 is 5.78. The van der Waals surface area contributed by atoms with Crippen molar-refractivity contribution in [2.45, 2.75) is 45.3 Å². The van der Waals surface area contributed by atoms with Gasteiger partial charge in [0.25, 0.3) is 0 Å². The summed E-state index contributed by atoms with van der Waals surface area (Å²) in [6.07, 6.45) is 2.08. The lowest BCUT2D eigenvalue weighted by Crippen LogP contribution is -2.37. The second-order valence-electron chi connectivity index (χ2n) is 8.43. The average molecular weight is 441 g/mol. The second-order valence-corrected chi connectivity index (χ2v) is 8.86. The summed E-state index contributed by atoms with van der Waals surface area (Å²) in [5.41, 5.74) is 4.44. The molecule has 0 radical (unpaired) electrons. The molecule has 1 unspecified atom stereocenters. The molecule has 1 atom stereocenters. The topological polar surface area (TPSA) is 65.6 Å². The first kappa shape index (κ1) is 21.9. The van der Waals surface area contributed by atoms with Gasteiger partial charge in [-0.05, 0) is 68.5 Å². The molecule has 0 saturated carbocycles. The van der Waals surface area contributed by atoms with Crippen LogP contribution in [0, 0.1) is 6.92 Å². The van der Waals surface area contributed by atoms with E-state index in [9.17, 15) is 9.90 Å². The third-order valence-corrected chi connectivity index (χ3v) is 6.40. The van der Waals surface area contributed by atoms with Gasteiger partial charge in [0.15, 0.2) is 0 Å². The smallest absolute Gasteiger partial charge is 0.341 e. The largest absolute Gasteiger partial charge is 0.454 e. The Hall–Kier alpha value is -2.34. The van der Waals surface area contributed by atoms with E-state index >= 15 is 0 Å². The number of hydrogen-bond donors (Lipinski definition) is 2. The summed E-state index contributed by atoms with van der Waals surface area (Å²) in [5, 5.41) is 11.2. The Morgan fingerprint density at radius 2 is 1.94 bits per heavy atom. The first-order valence-corrected chi connectivity index (χ1v) is 11.3. The molecule has 31 heavy (non-hydrogen) atoms. The molecule has 164 valence electrons. The summed E-state index contributed by atoms with van der Waals surface area (Å²) >= 11 is 5.96. The molecule has 0 aliphatic carbocycles. The summed E-state index contributed by atoms with van der Waals surface area (Å²) in [4.78, 5) is 18.7. The maximum atomic E-state index is 13.0. The van der Waals surface area contributed by atoms with Crippen LogP contribution in [0.1, 0.15) is 53.0 Å². The lowest BCUT2D eigenvalue weighted by Gasteiger charge is -2.29. The van der Waals surface area contributed by atoms with Crippen molar-refractivity contribution >= 4 is 28.5 Å². The molecular weight excluding hydrogens is 412 g/mol. The van der Waals surface area contributed by atoms with E-state index in [0.717, 1.165) is 61.1 Å². The van der Waals surface area contributed by atoms with Gasteiger partial charge in [-0.2, -0.15) is 0 Å². The predicted octanol–water partition coefficient (Wildman–Crippen LogP) is 5.05. The molecule has 1 aliphatic rings. The Morgan fingerprint density at radius 3 is 2.65 bits per heavy atom. The fourth-order valence-corrected chi connectivity index (χ4v) is 4.37. The molecule has 2 heterocycles. The Labute approximate surface area is 188 Å². The van der Waals surface area contributed by atoms with Gasteiger partial charge in [0, 0.05) is 41.3 Å². The number of carbonyl (C=O) groups is 1. The monoisotopic (exact) mass is 440 g/mol. The van der Waals surface area contributed by atoms with Crippen LogP contribution in [0.3, 0.4) is 0 Å². The van der Waals surface area contributed by atoms with Crippen molar-refractivity contribution in [3.63, 3.8) is 0 Å². The van der Waals surface area contributed by atoms with Crippen LogP contribution in [0.5, 0.6) is 0 Å². The number of esters is 1. The quantitative estimate of drug-likeness (QED) is 0.526. The molecule has 0 amide bonds. The number of halogens is 1. The molecule has 3 aromatic rings. The van der Waals surface area contributed by atoms with Gasteiger partial charge >= 0.3 is 5.97 Å². The van der Waals surface area contributed by atoms with E-state index < -0.39 is 0 Å². The van der Waals surface area contributed by atoms with Crippen LogP contribution >= 0.6 is 11.6 Å². The van der Waals surface area contributed by atoms with Crippen molar-refractivity contribution in [2.75, 3.05) is 19.6 Å². The number of aromatic nitrogens is 1. The normalized spacial score (nSPS) is 16.5. The van der Waals surface area contributed by atoms with Gasteiger partial charge in [0.05, 0.1) is 11.7 Å². The lowest BCUT2D eigenvalue weighted by atomic mass is 10.0. The number of aliphatic hydroxyl groups excluding tert-OH is 1. The van der Waals surface area contributed by atoms with Crippen LogP contribution in [-0.4, -0.2) is 46.7 Å². The van der Waals surface area contributed by atoms with E-state index in [2.05, 4.69) is 22.0 Å². The van der Waals surface area contributed by atoms with E-state index in [0.29, 0.717) is 10.6 Å². The molecular formula is C25H29ClN2O3. The van der Waals surface area contributed by atoms with E-state index in [1.807, 2.05) is 32.0 Å². The molecule has 1 fully saturated rings. The van der Waals surface area contributed by atoms with Crippen molar-refractivity contribution in [3.05, 3.63) is 69.9 Å². The third-order valence-electron chi connectivity index (χ3n) is 6.15. The van der Waals surface area contributed by atoms with Gasteiger partial charge in [-0.1, -0.05) is 29.8 Å². The number of fused-ring (bicyclic) bond motifs is 1. The predicted molar refractivity (Wildman–Crippen MR) is 124 cm³/mol. The van der Waals surface area contributed by atoms with Crippen molar-refractivity contribution in [1.82, 2.24) is 9.88 Å². The Balaban J connectivity index is 1.49. The first-order valence-electron chi connectivity index (χ1n) is 10.9. The van der Waals surface area contributed by atoms with Crippen LogP contribution < -0.4 is 0 Å². The van der Waals surface area contributed by atoms with Gasteiger partial charge in [-0.3, -0.25) is 0 Å². The van der Waals surface area contributed by atoms with Gasteiger partial charge in [-0.15, -0.1) is 0 Å². The fourth-order valence-electron chi connectivity index (χ4n) is 4.24. The number of H-pyrrole nitrogens is 1. The number of piperidine rings is 1. The molecule has 4 rings (SSSR count). The number of ether oxygens (including phenoxy) is 1. The number of carbonyl (C=O) groups excluding carboxylic acids is 1. The van der Waals surface area contributed by atoms with E-state index in [4.69, 9.17) is 16.3 Å². The Kier molecular flexibility index (Phi) is 6.65. The van der Waals surface area contributed by atoms with Crippen molar-refractivity contribution in [1.29, 1.82) is 0 Å². The van der Waals surface area contributed by atoms with Gasteiger partial charge in [0.1, 0.15) is 6.10 Å². The van der Waals surface area contributed by atoms with Crippen molar-refractivity contribution in [3.8, 4) is 0 Å². The van der Waals surface area contributed by atoms with E-state index in [1.165, 1.54) is 5.56 Å². The second kappa shape index (κ2) is 9.43. The standard InChI is InChI=1S/C25H29ClN2O3/c1-16-24(25(30)31-17(2)19-4-6-20(26)7-5-19)22-15-18(3-8-23(22)27-16)9-12-28-13-10-21(29)11-14-28/h3-8,15,17,21,27,29H,9-14H2,1-2H3. The van der Waals surface area contributed by atoms with E-state index in [1.54, 1.807) is 12.1 Å². The lowest BCUT2D eigenvalue weighted by molar-refractivity contribution is 0.0339. The molecule has 2 aromatic carbocycles. The van der Waals surface area contributed by atoms with Gasteiger partial charge in [-0.25, -0.2) is 4.79 Å². The molecule has 0 spiro atoms. The van der Waals surface area contributed by atoms with E-state index in [-0.39, 0.29) is 18.2 Å². The third kappa shape index (κ3) is 5.12. The molecule has 6 heteroatoms. The molecule has 1 aliphatic heterocycles. The van der Waals surface area contributed by atoms with Crippen LogP contribution in [0.25, 0.3) is 10.9 Å². The Bertz CT molecular complexity index is 1050. The number of nitrogens with zero attached hydrogens (tertiary/aromatic N) is 1. The molecule has 1 aromatic heterocycles. The maximum Gasteiger partial charge on any atom is 0.341 e. The molecule has 0 bridgehead atoms. The summed E-state index contributed by atoms with van der Waals surface area (Å²) in [7, 11) is 0. The zero-order chi connectivity index (χ0) is 22.0. The number of aliphatic hydroxyl groups is 1. The molecule has 5 nitrogen and oxygen atoms in total. The highest BCUT2D eigenvalue weighted by molar-refractivity contribution is 6.30. The molecule has 1 saturated heterocycles. The number of likely N-dealkylation sites (tertiary alicyclic amines) is 1. The minimum atomic E-state index is -0.369. The van der Waals surface area contributed by atoms with Crippen LogP contribution in [0.2, 0.25) is 5.02 Å². The highest BCUT2D eigenvalue weighted by atomic mass is 35.5. The minimum absolute atomic E-state index is 0.153. The van der Waals surface area contributed by atoms with Crippen LogP contribution in [-0.2, 0) is 11.2 Å². The molecule has 2 N–H and O–H groups in total. The highest BCUT2D eigenvalue weighted by Crippen LogP contribution is 2.27. The summed E-state index contributed by atoms with van der Waals surface area (Å²) in [6, 6.07) is 13.6. The number of hydrogen-bond acceptors (Lipinski definition) is 4. The first-order chi connectivity index (χ1) is 14.9. The number of nitrogens with one attached hydrogen (secondary N) is 1. The highest BCUT2D eigenvalue weighted by Gasteiger charge is 2.21. The average Bonchev–Trinajstić information content (AvgIpc) is 3.08. The van der Waals surface area contributed by atoms with Gasteiger partial charge in [0.2, 0.25) is 0 Å². The number of aryl methyl sites for hydroxylation is 1.